The van der Waals surface area contributed by atoms with Crippen LogP contribution in [0.5, 0.6) is 17.2 Å². The van der Waals surface area contributed by atoms with Crippen molar-refractivity contribution in [3.05, 3.63) is 57.1 Å². The molecule has 0 heterocycles. The number of aryl methyl sites for hydroxylation is 1. The minimum absolute atomic E-state index is 0.0533. The Morgan fingerprint density at radius 2 is 1.85 bits per heavy atom. The maximum Gasteiger partial charge on any atom is 0.280 e. The molecule has 34 heavy (non-hydrogen) atoms. The third-order valence-corrected chi connectivity index (χ3v) is 8.82. The number of nitro groups is 1. The van der Waals surface area contributed by atoms with Crippen LogP contribution in [0, 0.1) is 27.4 Å². The van der Waals surface area contributed by atoms with E-state index in [1.165, 1.54) is 31.4 Å². The zero-order valence-electron chi connectivity index (χ0n) is 20.1. The lowest BCUT2D eigenvalue weighted by atomic mass is 9.55. The van der Waals surface area contributed by atoms with Crippen LogP contribution in [0.3, 0.4) is 0 Å². The van der Waals surface area contributed by atoms with Crippen LogP contribution in [-0.4, -0.2) is 30.4 Å². The van der Waals surface area contributed by atoms with E-state index in [0.29, 0.717) is 34.8 Å². The topological polar surface area (TPSA) is 91.1 Å². The molecule has 3 aliphatic carbocycles. The van der Waals surface area contributed by atoms with E-state index in [2.05, 4.69) is 19.1 Å². The third kappa shape index (κ3) is 3.70. The number of hydrogen-bond acceptors (Lipinski definition) is 6. The van der Waals surface area contributed by atoms with Gasteiger partial charge in [-0.2, -0.15) is 0 Å². The highest BCUT2D eigenvalue weighted by atomic mass is 16.6. The first-order valence-corrected chi connectivity index (χ1v) is 12.2. The summed E-state index contributed by atoms with van der Waals surface area (Å²) < 4.78 is 16.5. The molecule has 2 aromatic rings. The van der Waals surface area contributed by atoms with Gasteiger partial charge in [-0.25, -0.2) is 0 Å². The molecule has 0 radical (unpaired) electrons. The molecule has 5 rings (SSSR count). The number of aliphatic hydroxyl groups excluding tert-OH is 1. The first-order valence-electron chi connectivity index (χ1n) is 12.2. The first-order chi connectivity index (χ1) is 16.4. The molecule has 0 amide bonds. The van der Waals surface area contributed by atoms with Gasteiger partial charge in [0.05, 0.1) is 36.9 Å². The average molecular weight is 468 g/mol. The largest absolute Gasteiger partial charge is 0.493 e. The smallest absolute Gasteiger partial charge is 0.280 e. The zero-order valence-corrected chi connectivity index (χ0v) is 20.1. The number of fused-ring (bicyclic) bond motifs is 5. The summed E-state index contributed by atoms with van der Waals surface area (Å²) in [7, 11) is 2.96. The summed E-state index contributed by atoms with van der Waals surface area (Å²) >= 11 is 0. The number of rotatable bonds is 6. The molecule has 2 aromatic carbocycles. The summed E-state index contributed by atoms with van der Waals surface area (Å²) in [5.74, 6) is 3.27. The second-order valence-corrected chi connectivity index (χ2v) is 10.3. The van der Waals surface area contributed by atoms with E-state index >= 15 is 0 Å². The van der Waals surface area contributed by atoms with Crippen molar-refractivity contribution in [2.45, 2.75) is 64.1 Å². The first kappa shape index (κ1) is 23.0. The fraction of sp³-hybridized carbons (Fsp3) is 0.556. The van der Waals surface area contributed by atoms with Gasteiger partial charge >= 0.3 is 0 Å². The standard InChI is InChI=1S/C27H33NO6/c1-27-11-10-20-19-7-5-18(12-16(19)4-6-21(20)22(27)8-9-26(27)29)34-15-17-13-24(32-2)25(33-3)14-23(17)28(30)31/h5,7,12-14,20-22,26,29H,4,6,8-11,15H2,1-3H3/t20-,21-,22+,26+,27+/m1/s1. The highest BCUT2D eigenvalue weighted by Crippen LogP contribution is 2.60. The van der Waals surface area contributed by atoms with Crippen LogP contribution in [0.4, 0.5) is 5.69 Å². The van der Waals surface area contributed by atoms with Gasteiger partial charge in [0, 0.05) is 0 Å². The number of nitrogens with zero attached hydrogens (tertiary/aromatic N) is 1. The van der Waals surface area contributed by atoms with E-state index in [9.17, 15) is 15.2 Å². The zero-order chi connectivity index (χ0) is 24.0. The van der Waals surface area contributed by atoms with Crippen molar-refractivity contribution in [3.63, 3.8) is 0 Å². The predicted molar refractivity (Wildman–Crippen MR) is 128 cm³/mol. The lowest BCUT2D eigenvalue weighted by Crippen LogP contribution is -2.43. The number of benzene rings is 2. The number of aliphatic hydroxyl groups is 1. The molecule has 0 unspecified atom stereocenters. The van der Waals surface area contributed by atoms with Crippen LogP contribution in [0.15, 0.2) is 30.3 Å². The van der Waals surface area contributed by atoms with Crippen molar-refractivity contribution in [3.8, 4) is 17.2 Å². The Balaban J connectivity index is 1.35. The predicted octanol–water partition coefficient (Wildman–Crippen LogP) is 5.41. The SMILES string of the molecule is COc1cc(COc2ccc3c(c2)CC[C@@H]2[C@@H]3CC[C@]3(C)[C@@H](O)CC[C@@H]23)c([N+](=O)[O-])cc1OC. The summed E-state index contributed by atoms with van der Waals surface area (Å²) in [5, 5.41) is 22.2. The molecule has 182 valence electrons. The quantitative estimate of drug-likeness (QED) is 0.451. The van der Waals surface area contributed by atoms with Gasteiger partial charge in [-0.15, -0.1) is 0 Å². The summed E-state index contributed by atoms with van der Waals surface area (Å²) in [5.41, 5.74) is 3.21. The minimum Gasteiger partial charge on any atom is -0.493 e. The monoisotopic (exact) mass is 467 g/mol. The highest BCUT2D eigenvalue weighted by molar-refractivity contribution is 5.54. The van der Waals surface area contributed by atoms with Gasteiger partial charge in [0.1, 0.15) is 12.4 Å². The second kappa shape index (κ2) is 8.77. The van der Waals surface area contributed by atoms with Gasteiger partial charge in [-0.1, -0.05) is 13.0 Å². The van der Waals surface area contributed by atoms with Gasteiger partial charge in [0.2, 0.25) is 0 Å². The maximum absolute atomic E-state index is 11.6. The lowest BCUT2D eigenvalue weighted by molar-refractivity contribution is -0.385. The Hall–Kier alpha value is -2.80. The van der Waals surface area contributed by atoms with Crippen LogP contribution < -0.4 is 14.2 Å². The molecule has 2 fully saturated rings. The Morgan fingerprint density at radius 3 is 2.59 bits per heavy atom. The molecule has 2 saturated carbocycles. The van der Waals surface area contributed by atoms with E-state index in [1.807, 2.05) is 6.07 Å². The minimum atomic E-state index is -0.426. The molecule has 7 nitrogen and oxygen atoms in total. The second-order valence-electron chi connectivity index (χ2n) is 10.3. The van der Waals surface area contributed by atoms with Crippen LogP contribution in [0.25, 0.3) is 0 Å². The Bertz CT molecular complexity index is 1100. The van der Waals surface area contributed by atoms with Crippen molar-refractivity contribution < 1.29 is 24.2 Å². The molecule has 0 saturated heterocycles. The van der Waals surface area contributed by atoms with Gasteiger partial charge in [-0.05, 0) is 91.0 Å². The number of methoxy groups -OCH3 is 2. The maximum atomic E-state index is 11.6. The number of ether oxygens (including phenoxy) is 3. The van der Waals surface area contributed by atoms with Crippen molar-refractivity contribution in [2.75, 3.05) is 14.2 Å². The Labute approximate surface area is 200 Å². The Morgan fingerprint density at radius 1 is 1.09 bits per heavy atom. The lowest BCUT2D eigenvalue weighted by Gasteiger charge is -2.50. The van der Waals surface area contributed by atoms with Crippen LogP contribution in [-0.2, 0) is 13.0 Å². The van der Waals surface area contributed by atoms with Gasteiger partial charge in [0.15, 0.2) is 11.5 Å². The summed E-state index contributed by atoms with van der Waals surface area (Å²) in [6.07, 6.45) is 6.28. The van der Waals surface area contributed by atoms with Crippen molar-refractivity contribution in [1.82, 2.24) is 0 Å². The van der Waals surface area contributed by atoms with Crippen LogP contribution >= 0.6 is 0 Å². The average Bonchev–Trinajstić information content (AvgIpc) is 3.15. The summed E-state index contributed by atoms with van der Waals surface area (Å²) in [6.45, 7) is 2.37. The van der Waals surface area contributed by atoms with Crippen LogP contribution in [0.1, 0.15) is 61.6 Å². The Kier molecular flexibility index (Phi) is 5.92. The van der Waals surface area contributed by atoms with E-state index < -0.39 is 4.92 Å². The molecule has 0 spiro atoms. The molecule has 0 aromatic heterocycles. The fourth-order valence-electron chi connectivity index (χ4n) is 6.98. The van der Waals surface area contributed by atoms with Gasteiger partial charge in [-0.3, -0.25) is 10.1 Å². The van der Waals surface area contributed by atoms with Crippen molar-refractivity contribution in [2.24, 2.45) is 17.3 Å². The normalized spacial score (nSPS) is 29.5. The molecule has 5 atom stereocenters. The molecular formula is C27H33NO6. The molecule has 0 bridgehead atoms. The fourth-order valence-corrected chi connectivity index (χ4v) is 6.98. The van der Waals surface area contributed by atoms with Gasteiger partial charge in [0.25, 0.3) is 5.69 Å². The molecule has 3 aliphatic rings. The molecule has 0 aliphatic heterocycles. The van der Waals surface area contributed by atoms with E-state index in [0.717, 1.165) is 44.3 Å². The highest BCUT2D eigenvalue weighted by Gasteiger charge is 2.54. The third-order valence-electron chi connectivity index (χ3n) is 8.82. The van der Waals surface area contributed by atoms with Crippen molar-refractivity contribution in [1.29, 1.82) is 0 Å². The van der Waals surface area contributed by atoms with Crippen LogP contribution in [0.2, 0.25) is 0 Å². The number of hydrogen-bond donors (Lipinski definition) is 1. The van der Waals surface area contributed by atoms with E-state index in [1.54, 1.807) is 6.07 Å². The van der Waals surface area contributed by atoms with Gasteiger partial charge < -0.3 is 19.3 Å². The number of nitro benzene ring substituents is 1. The summed E-state index contributed by atoms with van der Waals surface area (Å²) in [6, 6.07) is 9.27. The molecule has 1 N–H and O–H groups in total. The summed E-state index contributed by atoms with van der Waals surface area (Å²) in [4.78, 5) is 11.2. The van der Waals surface area contributed by atoms with E-state index in [-0.39, 0.29) is 23.8 Å². The van der Waals surface area contributed by atoms with Crippen molar-refractivity contribution >= 4 is 5.69 Å². The molecule has 7 heteroatoms. The van der Waals surface area contributed by atoms with E-state index in [4.69, 9.17) is 14.2 Å². The molecular weight excluding hydrogens is 434 g/mol.